The van der Waals surface area contributed by atoms with Gasteiger partial charge in [-0.05, 0) is 59.9 Å². The van der Waals surface area contributed by atoms with Gasteiger partial charge in [-0.25, -0.2) is 9.37 Å². The number of aromatic nitrogens is 2. The van der Waals surface area contributed by atoms with Crippen molar-refractivity contribution in [3.05, 3.63) is 95.6 Å². The smallest absolute Gasteiger partial charge is 0.227 e. The number of anilines is 1. The van der Waals surface area contributed by atoms with Crippen molar-refractivity contribution in [3.63, 3.8) is 0 Å². The second-order valence-corrected chi connectivity index (χ2v) is 8.98. The first-order valence-electron chi connectivity index (χ1n) is 11.6. The molecule has 0 spiro atoms. The minimum absolute atomic E-state index is 0.0191. The number of nitrogens with zero attached hydrogens (tertiary/aromatic N) is 3. The molecule has 0 aliphatic carbocycles. The quantitative estimate of drug-likeness (QED) is 0.354. The van der Waals surface area contributed by atoms with Crippen molar-refractivity contribution in [3.8, 4) is 0 Å². The van der Waals surface area contributed by atoms with Crippen LogP contribution in [-0.4, -0.2) is 22.0 Å². The molecule has 1 amide bonds. The van der Waals surface area contributed by atoms with Gasteiger partial charge >= 0.3 is 0 Å². The maximum atomic E-state index is 13.4. The van der Waals surface area contributed by atoms with Crippen molar-refractivity contribution >= 4 is 22.6 Å². The van der Waals surface area contributed by atoms with Gasteiger partial charge in [-0.15, -0.1) is 0 Å². The Kier molecular flexibility index (Phi) is 5.71. The van der Waals surface area contributed by atoms with Crippen LogP contribution in [0.15, 0.2) is 72.8 Å². The van der Waals surface area contributed by atoms with E-state index in [4.69, 9.17) is 4.98 Å². The number of carbonyl (C=O) groups is 1. The molecule has 0 saturated carbocycles. The zero-order valence-corrected chi connectivity index (χ0v) is 19.0. The van der Waals surface area contributed by atoms with Gasteiger partial charge in [-0.3, -0.25) is 4.79 Å². The highest BCUT2D eigenvalue weighted by Gasteiger charge is 2.34. The molecule has 0 bridgehead atoms. The third kappa shape index (κ3) is 4.15. The molecule has 5 heteroatoms. The average Bonchev–Trinajstić information content (AvgIpc) is 3.40. The lowest BCUT2D eigenvalue weighted by Crippen LogP contribution is -2.24. The van der Waals surface area contributed by atoms with Crippen LogP contribution in [0.5, 0.6) is 0 Å². The maximum Gasteiger partial charge on any atom is 0.227 e. The second kappa shape index (κ2) is 8.81. The van der Waals surface area contributed by atoms with E-state index in [0.29, 0.717) is 25.4 Å². The summed E-state index contributed by atoms with van der Waals surface area (Å²) in [7, 11) is 0. The Morgan fingerprint density at radius 3 is 2.48 bits per heavy atom. The lowest BCUT2D eigenvalue weighted by atomic mass is 9.97. The number of hydrogen-bond donors (Lipinski definition) is 0. The first-order valence-corrected chi connectivity index (χ1v) is 11.6. The molecule has 4 aromatic rings. The van der Waals surface area contributed by atoms with Crippen LogP contribution < -0.4 is 4.90 Å². The molecule has 2 atom stereocenters. The number of carbonyl (C=O) groups excluding carboxylic acids is 1. The molecule has 0 radical (unpaired) electrons. The van der Waals surface area contributed by atoms with Gasteiger partial charge in [-0.2, -0.15) is 0 Å². The maximum absolute atomic E-state index is 13.4. The number of hydrogen-bond acceptors (Lipinski definition) is 2. The van der Waals surface area contributed by atoms with Crippen molar-refractivity contribution in [1.82, 2.24) is 9.55 Å². The van der Waals surface area contributed by atoms with Crippen molar-refractivity contribution in [2.24, 2.45) is 0 Å². The first kappa shape index (κ1) is 21.4. The van der Waals surface area contributed by atoms with Crippen LogP contribution in [0.2, 0.25) is 0 Å². The first-order chi connectivity index (χ1) is 16.0. The standard InChI is InChI=1S/C28H28FN3O/c1-3-19(2)21-10-8-20(9-11-21)17-32-26-7-5-4-6-25(26)30-28(32)22-16-27(33)31(18-22)24-14-12-23(29)13-15-24/h4-15,19,22H,3,16-18H2,1-2H3. The van der Waals surface area contributed by atoms with Gasteiger partial charge in [0.2, 0.25) is 5.91 Å². The van der Waals surface area contributed by atoms with Gasteiger partial charge < -0.3 is 9.47 Å². The minimum atomic E-state index is -0.303. The van der Waals surface area contributed by atoms with E-state index in [1.807, 2.05) is 18.2 Å². The highest BCUT2D eigenvalue weighted by atomic mass is 19.1. The summed E-state index contributed by atoms with van der Waals surface area (Å²) in [6.07, 6.45) is 1.52. The Morgan fingerprint density at radius 1 is 1.03 bits per heavy atom. The zero-order chi connectivity index (χ0) is 22.9. The van der Waals surface area contributed by atoms with E-state index in [1.54, 1.807) is 17.0 Å². The Labute approximate surface area is 193 Å². The van der Waals surface area contributed by atoms with Crippen LogP contribution >= 0.6 is 0 Å². The molecule has 168 valence electrons. The Balaban J connectivity index is 1.47. The molecule has 0 N–H and O–H groups in total. The van der Waals surface area contributed by atoms with Crippen LogP contribution in [0.1, 0.15) is 55.5 Å². The average molecular weight is 442 g/mol. The van der Waals surface area contributed by atoms with Crippen LogP contribution in [0, 0.1) is 5.82 Å². The zero-order valence-electron chi connectivity index (χ0n) is 19.0. The van der Waals surface area contributed by atoms with E-state index >= 15 is 0 Å². The Morgan fingerprint density at radius 2 is 1.76 bits per heavy atom. The van der Waals surface area contributed by atoms with Gasteiger partial charge in [0.25, 0.3) is 0 Å². The third-order valence-corrected chi connectivity index (χ3v) is 6.81. The minimum Gasteiger partial charge on any atom is -0.323 e. The third-order valence-electron chi connectivity index (χ3n) is 6.81. The number of imidazole rings is 1. The lowest BCUT2D eigenvalue weighted by Gasteiger charge is -2.18. The van der Waals surface area contributed by atoms with Crippen molar-refractivity contribution in [2.45, 2.75) is 45.1 Å². The van der Waals surface area contributed by atoms with Gasteiger partial charge in [0.15, 0.2) is 0 Å². The van der Waals surface area contributed by atoms with Crippen LogP contribution in [0.25, 0.3) is 11.0 Å². The normalized spacial score (nSPS) is 17.1. The molecule has 3 aromatic carbocycles. The molecular weight excluding hydrogens is 413 g/mol. The molecule has 5 rings (SSSR count). The molecule has 4 nitrogen and oxygen atoms in total. The highest BCUT2D eigenvalue weighted by Crippen LogP contribution is 2.33. The van der Waals surface area contributed by atoms with E-state index < -0.39 is 0 Å². The Hall–Kier alpha value is -3.47. The molecule has 1 fully saturated rings. The molecule has 1 aliphatic rings. The number of para-hydroxylation sites is 2. The SMILES string of the molecule is CCC(C)c1ccc(Cn2c(C3CC(=O)N(c4ccc(F)cc4)C3)nc3ccccc32)cc1. The summed E-state index contributed by atoms with van der Waals surface area (Å²) >= 11 is 0. The van der Waals surface area contributed by atoms with E-state index in [-0.39, 0.29) is 17.6 Å². The largest absolute Gasteiger partial charge is 0.323 e. The fourth-order valence-corrected chi connectivity index (χ4v) is 4.69. The van der Waals surface area contributed by atoms with E-state index in [0.717, 1.165) is 29.0 Å². The molecule has 33 heavy (non-hydrogen) atoms. The van der Waals surface area contributed by atoms with E-state index in [1.165, 1.54) is 23.3 Å². The number of benzene rings is 3. The monoisotopic (exact) mass is 441 g/mol. The number of amides is 1. The summed E-state index contributed by atoms with van der Waals surface area (Å²) in [6.45, 7) is 5.71. The highest BCUT2D eigenvalue weighted by molar-refractivity contribution is 5.96. The van der Waals surface area contributed by atoms with Crippen LogP contribution in [-0.2, 0) is 11.3 Å². The number of rotatable bonds is 6. The predicted octanol–water partition coefficient (Wildman–Crippen LogP) is 6.26. The summed E-state index contributed by atoms with van der Waals surface area (Å²) in [5.74, 6) is 1.20. The van der Waals surface area contributed by atoms with E-state index in [9.17, 15) is 9.18 Å². The van der Waals surface area contributed by atoms with Gasteiger partial charge in [0, 0.05) is 31.1 Å². The summed E-state index contributed by atoms with van der Waals surface area (Å²) in [5.41, 5.74) is 5.31. The van der Waals surface area contributed by atoms with Crippen LogP contribution in [0.3, 0.4) is 0 Å². The summed E-state index contributed by atoms with van der Waals surface area (Å²) in [5, 5.41) is 0. The molecule has 1 saturated heterocycles. The molecular formula is C28H28FN3O. The second-order valence-electron chi connectivity index (χ2n) is 8.98. The van der Waals surface area contributed by atoms with Crippen LogP contribution in [0.4, 0.5) is 10.1 Å². The molecule has 2 heterocycles. The van der Waals surface area contributed by atoms with Gasteiger partial charge in [0.1, 0.15) is 11.6 Å². The van der Waals surface area contributed by atoms with Crippen molar-refractivity contribution in [2.75, 3.05) is 11.4 Å². The van der Waals surface area contributed by atoms with Gasteiger partial charge in [0.05, 0.1) is 11.0 Å². The molecule has 1 aliphatic heterocycles. The van der Waals surface area contributed by atoms with Crippen molar-refractivity contribution < 1.29 is 9.18 Å². The number of halogens is 1. The number of fused-ring (bicyclic) bond motifs is 1. The summed E-state index contributed by atoms with van der Waals surface area (Å²) in [4.78, 5) is 19.5. The van der Waals surface area contributed by atoms with Crippen molar-refractivity contribution in [1.29, 1.82) is 0 Å². The lowest BCUT2D eigenvalue weighted by molar-refractivity contribution is -0.117. The molecule has 1 aromatic heterocycles. The Bertz CT molecular complexity index is 1280. The topological polar surface area (TPSA) is 38.1 Å². The fraction of sp³-hybridized carbons (Fsp3) is 0.286. The van der Waals surface area contributed by atoms with E-state index in [2.05, 4.69) is 48.7 Å². The predicted molar refractivity (Wildman–Crippen MR) is 130 cm³/mol. The summed E-state index contributed by atoms with van der Waals surface area (Å²) < 4.78 is 15.6. The summed E-state index contributed by atoms with van der Waals surface area (Å²) in [6, 6.07) is 23.1. The van der Waals surface area contributed by atoms with Gasteiger partial charge in [-0.1, -0.05) is 50.2 Å². The molecule has 2 unspecified atom stereocenters. The fourth-order valence-electron chi connectivity index (χ4n) is 4.69.